The molecule has 0 aliphatic carbocycles. The van der Waals surface area contributed by atoms with Gasteiger partial charge in [-0.1, -0.05) is 35.9 Å². The van der Waals surface area contributed by atoms with E-state index in [2.05, 4.69) is 37.7 Å². The van der Waals surface area contributed by atoms with E-state index in [-0.39, 0.29) is 5.91 Å². The Morgan fingerprint density at radius 3 is 2.66 bits per heavy atom. The van der Waals surface area contributed by atoms with Gasteiger partial charge in [0.05, 0.1) is 10.7 Å². The number of rotatable bonds is 7. The number of likely N-dealkylation sites (N-methyl/N-ethyl adjacent to an activating group) is 1. The number of benzene rings is 2. The van der Waals surface area contributed by atoms with Gasteiger partial charge in [0.2, 0.25) is 0 Å². The summed E-state index contributed by atoms with van der Waals surface area (Å²) in [5.41, 5.74) is 3.81. The number of nitrogens with one attached hydrogen (secondary N) is 2. The van der Waals surface area contributed by atoms with Crippen molar-refractivity contribution < 1.29 is 4.79 Å². The van der Waals surface area contributed by atoms with Gasteiger partial charge in [-0.3, -0.25) is 14.1 Å². The Bertz CT molecular complexity index is 1330. The Morgan fingerprint density at radius 2 is 1.83 bits per heavy atom. The van der Waals surface area contributed by atoms with Crippen LogP contribution >= 0.6 is 11.6 Å². The summed E-state index contributed by atoms with van der Waals surface area (Å²) in [4.78, 5) is 17.5. The van der Waals surface area contributed by atoms with E-state index < -0.39 is 0 Å². The molecule has 35 heavy (non-hydrogen) atoms. The number of aromatic nitrogens is 3. The highest BCUT2D eigenvalue weighted by Crippen LogP contribution is 2.26. The number of piperazine rings is 1. The predicted octanol–water partition coefficient (Wildman–Crippen LogP) is 3.77. The maximum Gasteiger partial charge on any atom is 0.251 e. The topological polar surface area (TPSA) is 77.8 Å². The second kappa shape index (κ2) is 10.4. The number of anilines is 2. The Hall–Kier alpha value is -3.46. The molecule has 9 heteroatoms. The third-order valence-electron chi connectivity index (χ3n) is 6.26. The van der Waals surface area contributed by atoms with Crippen LogP contribution in [-0.4, -0.2) is 76.6 Å². The van der Waals surface area contributed by atoms with Crippen LogP contribution in [-0.2, 0) is 0 Å². The minimum absolute atomic E-state index is 0.0824. The molecule has 180 valence electrons. The van der Waals surface area contributed by atoms with Crippen LogP contribution in [0.5, 0.6) is 0 Å². The Morgan fingerprint density at radius 1 is 1.00 bits per heavy atom. The van der Waals surface area contributed by atoms with E-state index in [0.717, 1.165) is 49.7 Å². The summed E-state index contributed by atoms with van der Waals surface area (Å²) in [6, 6.07) is 18.9. The van der Waals surface area contributed by atoms with Crippen molar-refractivity contribution in [3.8, 4) is 11.4 Å². The van der Waals surface area contributed by atoms with Gasteiger partial charge in [-0.25, -0.2) is 0 Å². The molecule has 1 amide bonds. The number of carbonyl (C=O) groups excluding carboxylic acids is 1. The summed E-state index contributed by atoms with van der Waals surface area (Å²) in [5, 5.41) is 15.7. The molecule has 4 aromatic rings. The molecule has 2 aromatic heterocycles. The molecule has 0 bridgehead atoms. The molecular weight excluding hydrogens is 462 g/mol. The number of nitrogens with zero attached hydrogens (tertiary/aromatic N) is 5. The SMILES string of the molecule is CN1CCN(CCNC(=O)c2cccc(-c3nnc4cc(Nc5ccccc5Cl)ccn34)c2)CC1. The minimum Gasteiger partial charge on any atom is -0.354 e. The summed E-state index contributed by atoms with van der Waals surface area (Å²) < 4.78 is 1.90. The summed E-state index contributed by atoms with van der Waals surface area (Å²) in [7, 11) is 2.14. The molecule has 2 aromatic carbocycles. The van der Waals surface area contributed by atoms with E-state index >= 15 is 0 Å². The molecule has 0 radical (unpaired) electrons. The number of hydrogen-bond donors (Lipinski definition) is 2. The highest BCUT2D eigenvalue weighted by atomic mass is 35.5. The highest BCUT2D eigenvalue weighted by molar-refractivity contribution is 6.33. The van der Waals surface area contributed by atoms with E-state index in [0.29, 0.717) is 28.6 Å². The lowest BCUT2D eigenvalue weighted by atomic mass is 10.1. The first-order chi connectivity index (χ1) is 17.1. The summed E-state index contributed by atoms with van der Waals surface area (Å²) >= 11 is 6.26. The van der Waals surface area contributed by atoms with Crippen molar-refractivity contribution in [2.45, 2.75) is 0 Å². The zero-order valence-electron chi connectivity index (χ0n) is 19.6. The first-order valence-corrected chi connectivity index (χ1v) is 12.1. The second-order valence-electron chi connectivity index (χ2n) is 8.75. The van der Waals surface area contributed by atoms with Crippen molar-refractivity contribution in [3.05, 3.63) is 77.4 Å². The quantitative estimate of drug-likeness (QED) is 0.411. The average molecular weight is 490 g/mol. The molecule has 1 aliphatic heterocycles. The van der Waals surface area contributed by atoms with Crippen LogP contribution in [0.15, 0.2) is 66.9 Å². The molecule has 2 N–H and O–H groups in total. The molecule has 1 fully saturated rings. The summed E-state index contributed by atoms with van der Waals surface area (Å²) in [5.74, 6) is 0.595. The smallest absolute Gasteiger partial charge is 0.251 e. The first-order valence-electron chi connectivity index (χ1n) is 11.7. The first kappa shape index (κ1) is 23.3. The van der Waals surface area contributed by atoms with Crippen molar-refractivity contribution in [1.29, 1.82) is 0 Å². The second-order valence-corrected chi connectivity index (χ2v) is 9.16. The number of fused-ring (bicyclic) bond motifs is 1. The van der Waals surface area contributed by atoms with Gasteiger partial charge in [-0.15, -0.1) is 10.2 Å². The maximum atomic E-state index is 12.8. The third kappa shape index (κ3) is 5.45. The Balaban J connectivity index is 1.27. The monoisotopic (exact) mass is 489 g/mol. The number of carbonyl (C=O) groups is 1. The fourth-order valence-corrected chi connectivity index (χ4v) is 4.37. The number of amides is 1. The molecule has 1 saturated heterocycles. The fourth-order valence-electron chi connectivity index (χ4n) is 4.18. The van der Waals surface area contributed by atoms with Crippen LogP contribution < -0.4 is 10.6 Å². The van der Waals surface area contributed by atoms with Gasteiger partial charge in [0.1, 0.15) is 0 Å². The molecule has 1 aliphatic rings. The lowest BCUT2D eigenvalue weighted by molar-refractivity contribution is 0.0941. The van der Waals surface area contributed by atoms with Gasteiger partial charge in [0.25, 0.3) is 5.91 Å². The lowest BCUT2D eigenvalue weighted by Crippen LogP contribution is -2.46. The van der Waals surface area contributed by atoms with Crippen molar-refractivity contribution >= 4 is 34.5 Å². The van der Waals surface area contributed by atoms with Gasteiger partial charge in [0.15, 0.2) is 11.5 Å². The lowest BCUT2D eigenvalue weighted by Gasteiger charge is -2.32. The molecule has 3 heterocycles. The van der Waals surface area contributed by atoms with Crippen LogP contribution in [0.3, 0.4) is 0 Å². The van der Waals surface area contributed by atoms with E-state index in [4.69, 9.17) is 11.6 Å². The fraction of sp³-hybridized carbons (Fsp3) is 0.269. The number of para-hydroxylation sites is 1. The van der Waals surface area contributed by atoms with Crippen LogP contribution in [0.4, 0.5) is 11.4 Å². The molecule has 8 nitrogen and oxygen atoms in total. The molecule has 0 spiro atoms. The maximum absolute atomic E-state index is 12.8. The van der Waals surface area contributed by atoms with Crippen LogP contribution in [0.25, 0.3) is 17.0 Å². The van der Waals surface area contributed by atoms with Gasteiger partial charge >= 0.3 is 0 Å². The van der Waals surface area contributed by atoms with Gasteiger partial charge < -0.3 is 15.5 Å². The largest absolute Gasteiger partial charge is 0.354 e. The molecule has 0 saturated carbocycles. The van der Waals surface area contributed by atoms with E-state index in [1.165, 1.54) is 0 Å². The Kier molecular flexibility index (Phi) is 6.94. The van der Waals surface area contributed by atoms with Crippen molar-refractivity contribution in [2.24, 2.45) is 0 Å². The third-order valence-corrected chi connectivity index (χ3v) is 6.58. The number of pyridine rings is 1. The van der Waals surface area contributed by atoms with Gasteiger partial charge in [-0.05, 0) is 37.4 Å². The number of halogens is 1. The van der Waals surface area contributed by atoms with Crippen molar-refractivity contribution in [1.82, 2.24) is 29.7 Å². The van der Waals surface area contributed by atoms with Crippen LogP contribution in [0.1, 0.15) is 10.4 Å². The number of hydrogen-bond acceptors (Lipinski definition) is 6. The van der Waals surface area contributed by atoms with E-state index in [9.17, 15) is 4.79 Å². The van der Waals surface area contributed by atoms with Gasteiger partial charge in [-0.2, -0.15) is 0 Å². The van der Waals surface area contributed by atoms with Crippen molar-refractivity contribution in [3.63, 3.8) is 0 Å². The van der Waals surface area contributed by atoms with E-state index in [1.54, 1.807) is 0 Å². The zero-order valence-corrected chi connectivity index (χ0v) is 20.4. The standard InChI is InChI=1S/C26H28ClN7O/c1-32-13-15-33(16-14-32)12-10-28-26(35)20-6-4-5-19(17-20)25-31-30-24-18-21(9-11-34(24)25)29-23-8-3-2-7-22(23)27/h2-9,11,17-18,29H,10,12-16H2,1H3,(H,28,35). The average Bonchev–Trinajstić information content (AvgIpc) is 3.30. The molecular formula is C26H28ClN7O. The van der Waals surface area contributed by atoms with Crippen LogP contribution in [0, 0.1) is 0 Å². The predicted molar refractivity (Wildman–Crippen MR) is 139 cm³/mol. The van der Waals surface area contributed by atoms with Gasteiger partial charge in [0, 0.05) is 68.3 Å². The summed E-state index contributed by atoms with van der Waals surface area (Å²) in [6.07, 6.45) is 1.91. The molecule has 0 atom stereocenters. The Labute approximate surface area is 209 Å². The zero-order chi connectivity index (χ0) is 24.2. The van der Waals surface area contributed by atoms with Crippen LogP contribution in [0.2, 0.25) is 5.02 Å². The van der Waals surface area contributed by atoms with Crippen molar-refractivity contribution in [2.75, 3.05) is 51.6 Å². The molecule has 0 unspecified atom stereocenters. The highest BCUT2D eigenvalue weighted by Gasteiger charge is 2.15. The minimum atomic E-state index is -0.0824. The molecule has 5 rings (SSSR count). The summed E-state index contributed by atoms with van der Waals surface area (Å²) in [6.45, 7) is 5.70. The van der Waals surface area contributed by atoms with E-state index in [1.807, 2.05) is 71.3 Å². The normalized spacial score (nSPS) is 14.8.